The first-order valence-corrected chi connectivity index (χ1v) is 7.68. The number of aromatic nitrogens is 2. The number of nitrogens with one attached hydrogen (secondary N) is 1. The molecule has 112 valence electrons. The van der Waals surface area contributed by atoms with E-state index in [2.05, 4.69) is 33.2 Å². The van der Waals surface area contributed by atoms with Crippen LogP contribution in [-0.2, 0) is 0 Å². The van der Waals surface area contributed by atoms with Crippen molar-refractivity contribution in [1.82, 2.24) is 9.97 Å². The fourth-order valence-corrected chi connectivity index (χ4v) is 2.72. The second kappa shape index (κ2) is 7.43. The molecule has 0 bridgehead atoms. The number of hydrogen-bond acceptors (Lipinski definition) is 5. The molecule has 1 unspecified atom stereocenters. The summed E-state index contributed by atoms with van der Waals surface area (Å²) in [5.41, 5.74) is 0.998. The molecule has 2 N–H and O–H groups in total. The summed E-state index contributed by atoms with van der Waals surface area (Å²) >= 11 is 0. The number of rotatable bonds is 6. The van der Waals surface area contributed by atoms with Gasteiger partial charge in [0.05, 0.1) is 0 Å². The van der Waals surface area contributed by atoms with Crippen LogP contribution >= 0.6 is 0 Å². The third kappa shape index (κ3) is 4.07. The summed E-state index contributed by atoms with van der Waals surface area (Å²) in [6.45, 7) is 7.36. The summed E-state index contributed by atoms with van der Waals surface area (Å²) in [5.74, 6) is 2.32. The van der Waals surface area contributed by atoms with Gasteiger partial charge in [-0.1, -0.05) is 6.92 Å². The zero-order valence-corrected chi connectivity index (χ0v) is 12.6. The van der Waals surface area contributed by atoms with Crippen LogP contribution in [0.25, 0.3) is 0 Å². The van der Waals surface area contributed by atoms with Crippen molar-refractivity contribution < 1.29 is 5.11 Å². The van der Waals surface area contributed by atoms with E-state index in [1.54, 1.807) is 0 Å². The largest absolute Gasteiger partial charge is 0.396 e. The van der Waals surface area contributed by atoms with Gasteiger partial charge in [0, 0.05) is 38.0 Å². The van der Waals surface area contributed by atoms with Crippen molar-refractivity contribution in [1.29, 1.82) is 0 Å². The lowest BCUT2D eigenvalue weighted by atomic mass is 9.95. The summed E-state index contributed by atoms with van der Waals surface area (Å²) in [5, 5.41) is 12.4. The van der Waals surface area contributed by atoms with E-state index in [0.29, 0.717) is 5.92 Å². The van der Waals surface area contributed by atoms with Gasteiger partial charge in [0.1, 0.15) is 5.82 Å². The van der Waals surface area contributed by atoms with Crippen LogP contribution in [-0.4, -0.2) is 41.3 Å². The van der Waals surface area contributed by atoms with Gasteiger partial charge in [-0.25, -0.2) is 4.98 Å². The molecule has 5 heteroatoms. The fourth-order valence-electron chi connectivity index (χ4n) is 2.72. The van der Waals surface area contributed by atoms with E-state index in [-0.39, 0.29) is 6.61 Å². The fraction of sp³-hybridized carbons (Fsp3) is 0.733. The second-order valence-electron chi connectivity index (χ2n) is 5.58. The molecule has 1 fully saturated rings. The Kier molecular flexibility index (Phi) is 5.59. The van der Waals surface area contributed by atoms with Crippen molar-refractivity contribution >= 4 is 11.8 Å². The van der Waals surface area contributed by atoms with E-state index in [4.69, 9.17) is 5.11 Å². The molecule has 1 saturated heterocycles. The van der Waals surface area contributed by atoms with Gasteiger partial charge in [0.2, 0.25) is 5.95 Å². The average molecular weight is 278 g/mol. The van der Waals surface area contributed by atoms with Crippen LogP contribution in [0.1, 0.15) is 38.3 Å². The van der Waals surface area contributed by atoms with E-state index in [0.717, 1.165) is 49.9 Å². The second-order valence-corrected chi connectivity index (χ2v) is 5.58. The number of aliphatic hydroxyl groups excluding tert-OH is 1. The van der Waals surface area contributed by atoms with Crippen LogP contribution in [0.5, 0.6) is 0 Å². The lowest BCUT2D eigenvalue weighted by Gasteiger charge is -2.33. The first-order chi connectivity index (χ1) is 9.72. The molecular weight excluding hydrogens is 252 g/mol. The summed E-state index contributed by atoms with van der Waals surface area (Å²) in [6, 6.07) is 2.05. The van der Waals surface area contributed by atoms with Crippen molar-refractivity contribution in [2.75, 3.05) is 36.5 Å². The van der Waals surface area contributed by atoms with Crippen molar-refractivity contribution in [3.63, 3.8) is 0 Å². The van der Waals surface area contributed by atoms with Crippen LogP contribution in [0.3, 0.4) is 0 Å². The molecule has 20 heavy (non-hydrogen) atoms. The van der Waals surface area contributed by atoms with E-state index >= 15 is 0 Å². The van der Waals surface area contributed by atoms with Gasteiger partial charge in [0.15, 0.2) is 0 Å². The highest BCUT2D eigenvalue weighted by molar-refractivity contribution is 5.45. The minimum absolute atomic E-state index is 0.282. The molecular formula is C15H26N4O. The molecule has 0 spiro atoms. The Morgan fingerprint density at radius 2 is 2.30 bits per heavy atom. The highest BCUT2D eigenvalue weighted by Crippen LogP contribution is 2.24. The standard InChI is InChI=1S/C15H26N4O/c1-3-7-16-15-17-12(2)10-14(18-15)19-8-4-5-13(11-19)6-9-20/h10,13,20H,3-9,11H2,1-2H3,(H,16,17,18). The van der Waals surface area contributed by atoms with Gasteiger partial charge >= 0.3 is 0 Å². The lowest BCUT2D eigenvalue weighted by Crippen LogP contribution is -2.36. The molecule has 0 saturated carbocycles. The normalized spacial score (nSPS) is 19.1. The minimum atomic E-state index is 0.282. The van der Waals surface area contributed by atoms with E-state index in [1.807, 2.05) is 6.92 Å². The maximum absolute atomic E-state index is 9.11. The highest BCUT2D eigenvalue weighted by atomic mass is 16.3. The minimum Gasteiger partial charge on any atom is -0.396 e. The van der Waals surface area contributed by atoms with E-state index in [1.165, 1.54) is 12.8 Å². The quantitative estimate of drug-likeness (QED) is 0.835. The average Bonchev–Trinajstić information content (AvgIpc) is 2.45. The zero-order valence-electron chi connectivity index (χ0n) is 12.6. The molecule has 2 rings (SSSR count). The Morgan fingerprint density at radius 1 is 1.45 bits per heavy atom. The molecule has 0 aromatic carbocycles. The van der Waals surface area contributed by atoms with Gasteiger partial charge in [-0.3, -0.25) is 0 Å². The van der Waals surface area contributed by atoms with Gasteiger partial charge in [-0.05, 0) is 38.5 Å². The predicted octanol–water partition coefficient (Wildman–Crippen LogP) is 2.21. The molecule has 1 aromatic heterocycles. The topological polar surface area (TPSA) is 61.3 Å². The molecule has 1 aromatic rings. The van der Waals surface area contributed by atoms with Gasteiger partial charge < -0.3 is 15.3 Å². The Hall–Kier alpha value is -1.36. The Bertz CT molecular complexity index is 422. The molecule has 1 atom stereocenters. The maximum Gasteiger partial charge on any atom is 0.224 e. The summed E-state index contributed by atoms with van der Waals surface area (Å²) < 4.78 is 0. The Balaban J connectivity index is 2.08. The van der Waals surface area contributed by atoms with Gasteiger partial charge in [0.25, 0.3) is 0 Å². The van der Waals surface area contributed by atoms with Crippen LogP contribution in [0.4, 0.5) is 11.8 Å². The molecule has 1 aliphatic heterocycles. The molecule has 2 heterocycles. The predicted molar refractivity (Wildman–Crippen MR) is 82.2 cm³/mol. The smallest absolute Gasteiger partial charge is 0.224 e. The molecule has 0 aliphatic carbocycles. The van der Waals surface area contributed by atoms with Crippen molar-refractivity contribution in [2.45, 2.75) is 39.5 Å². The lowest BCUT2D eigenvalue weighted by molar-refractivity contribution is 0.244. The van der Waals surface area contributed by atoms with Crippen LogP contribution in [0, 0.1) is 12.8 Å². The number of hydrogen-bond donors (Lipinski definition) is 2. The number of aliphatic hydroxyl groups is 1. The van der Waals surface area contributed by atoms with E-state index in [9.17, 15) is 0 Å². The number of nitrogens with zero attached hydrogens (tertiary/aromatic N) is 3. The van der Waals surface area contributed by atoms with Gasteiger partial charge in [-0.2, -0.15) is 4.98 Å². The van der Waals surface area contributed by atoms with Gasteiger partial charge in [-0.15, -0.1) is 0 Å². The third-order valence-corrected chi connectivity index (χ3v) is 3.75. The van der Waals surface area contributed by atoms with Crippen molar-refractivity contribution in [3.05, 3.63) is 11.8 Å². The van der Waals surface area contributed by atoms with Crippen LogP contribution in [0.15, 0.2) is 6.07 Å². The SMILES string of the molecule is CCCNc1nc(C)cc(N2CCCC(CCO)C2)n1. The molecule has 1 aliphatic rings. The molecule has 0 radical (unpaired) electrons. The van der Waals surface area contributed by atoms with E-state index < -0.39 is 0 Å². The Labute approximate surface area is 121 Å². The highest BCUT2D eigenvalue weighted by Gasteiger charge is 2.21. The number of anilines is 2. The summed E-state index contributed by atoms with van der Waals surface area (Å²) in [6.07, 6.45) is 4.34. The molecule has 0 amide bonds. The Morgan fingerprint density at radius 3 is 3.05 bits per heavy atom. The van der Waals surface area contributed by atoms with Crippen molar-refractivity contribution in [2.24, 2.45) is 5.92 Å². The summed E-state index contributed by atoms with van der Waals surface area (Å²) in [4.78, 5) is 11.4. The first-order valence-electron chi connectivity index (χ1n) is 7.68. The number of piperidine rings is 1. The monoisotopic (exact) mass is 278 g/mol. The van der Waals surface area contributed by atoms with Crippen LogP contribution in [0.2, 0.25) is 0 Å². The number of aryl methyl sites for hydroxylation is 1. The van der Waals surface area contributed by atoms with Crippen molar-refractivity contribution in [3.8, 4) is 0 Å². The molecule has 5 nitrogen and oxygen atoms in total. The zero-order chi connectivity index (χ0) is 14.4. The third-order valence-electron chi connectivity index (χ3n) is 3.75. The maximum atomic E-state index is 9.11. The summed E-state index contributed by atoms with van der Waals surface area (Å²) in [7, 11) is 0. The first kappa shape index (κ1) is 15.0. The van der Waals surface area contributed by atoms with Crippen LogP contribution < -0.4 is 10.2 Å².